The number of carboxylic acids is 1. The maximum absolute atomic E-state index is 12.4. The molecule has 2 heterocycles. The number of aromatic amines is 1. The SMILES string of the molecule is CC(c1ccccc1)C(NC(=O)c1cc2ccsc2[nH]1)C(=O)O. The Morgan fingerprint density at radius 3 is 2.61 bits per heavy atom. The molecule has 0 saturated heterocycles. The second-order valence-electron chi connectivity index (χ2n) is 5.38. The maximum Gasteiger partial charge on any atom is 0.326 e. The molecule has 118 valence electrons. The van der Waals surface area contributed by atoms with E-state index in [4.69, 9.17) is 0 Å². The van der Waals surface area contributed by atoms with Crippen molar-refractivity contribution in [2.24, 2.45) is 0 Å². The molecule has 3 aromatic rings. The van der Waals surface area contributed by atoms with Crippen molar-refractivity contribution in [1.82, 2.24) is 10.3 Å². The molecular weight excluding hydrogens is 312 g/mol. The van der Waals surface area contributed by atoms with Crippen LogP contribution in [0.15, 0.2) is 47.8 Å². The van der Waals surface area contributed by atoms with Crippen molar-refractivity contribution >= 4 is 33.4 Å². The van der Waals surface area contributed by atoms with E-state index < -0.39 is 17.9 Å². The molecule has 0 fully saturated rings. The smallest absolute Gasteiger partial charge is 0.326 e. The van der Waals surface area contributed by atoms with Crippen LogP contribution in [0.25, 0.3) is 10.2 Å². The number of nitrogens with one attached hydrogen (secondary N) is 2. The number of hydrogen-bond donors (Lipinski definition) is 3. The second kappa shape index (κ2) is 6.26. The Hall–Kier alpha value is -2.60. The van der Waals surface area contributed by atoms with E-state index >= 15 is 0 Å². The molecule has 23 heavy (non-hydrogen) atoms. The van der Waals surface area contributed by atoms with E-state index in [9.17, 15) is 14.7 Å². The predicted octanol–water partition coefficient (Wildman–Crippen LogP) is 3.22. The van der Waals surface area contributed by atoms with E-state index in [1.807, 2.05) is 41.8 Å². The van der Waals surface area contributed by atoms with Gasteiger partial charge in [0.25, 0.3) is 5.91 Å². The average molecular weight is 328 g/mol. The summed E-state index contributed by atoms with van der Waals surface area (Å²) in [6, 6.07) is 11.9. The number of hydrogen-bond acceptors (Lipinski definition) is 3. The second-order valence-corrected chi connectivity index (χ2v) is 6.29. The number of carbonyl (C=O) groups is 2. The summed E-state index contributed by atoms with van der Waals surface area (Å²) in [7, 11) is 0. The van der Waals surface area contributed by atoms with Gasteiger partial charge < -0.3 is 15.4 Å². The van der Waals surface area contributed by atoms with Gasteiger partial charge in [-0.2, -0.15) is 0 Å². The number of carboxylic acid groups (broad SMARTS) is 1. The molecule has 0 spiro atoms. The van der Waals surface area contributed by atoms with Crippen LogP contribution in [0.5, 0.6) is 0 Å². The summed E-state index contributed by atoms with van der Waals surface area (Å²) in [5, 5.41) is 15.0. The molecule has 0 bridgehead atoms. The van der Waals surface area contributed by atoms with Crippen LogP contribution >= 0.6 is 11.3 Å². The van der Waals surface area contributed by atoms with E-state index in [-0.39, 0.29) is 5.92 Å². The molecule has 0 saturated carbocycles. The standard InChI is InChI=1S/C17H16N2O3S/c1-10(11-5-3-2-4-6-11)14(17(21)22)19-15(20)13-9-12-7-8-23-16(12)18-13/h2-10,14,18H,1H3,(H,19,20)(H,21,22). The molecule has 1 aromatic carbocycles. The Morgan fingerprint density at radius 2 is 1.96 bits per heavy atom. The van der Waals surface area contributed by atoms with Crippen molar-refractivity contribution in [3.8, 4) is 0 Å². The Balaban J connectivity index is 1.80. The zero-order chi connectivity index (χ0) is 16.4. The van der Waals surface area contributed by atoms with Gasteiger partial charge >= 0.3 is 5.97 Å². The van der Waals surface area contributed by atoms with E-state index in [0.29, 0.717) is 5.69 Å². The highest BCUT2D eigenvalue weighted by Gasteiger charge is 2.28. The van der Waals surface area contributed by atoms with Gasteiger partial charge in [0.1, 0.15) is 16.6 Å². The van der Waals surface area contributed by atoms with Crippen LogP contribution < -0.4 is 5.32 Å². The number of aromatic nitrogens is 1. The van der Waals surface area contributed by atoms with Gasteiger partial charge in [0.05, 0.1) is 0 Å². The lowest BCUT2D eigenvalue weighted by atomic mass is 9.93. The molecule has 0 aliphatic rings. The molecule has 0 aliphatic heterocycles. The maximum atomic E-state index is 12.4. The van der Waals surface area contributed by atoms with E-state index in [2.05, 4.69) is 10.3 Å². The summed E-state index contributed by atoms with van der Waals surface area (Å²) in [4.78, 5) is 27.9. The van der Waals surface area contributed by atoms with E-state index in [1.54, 1.807) is 13.0 Å². The van der Waals surface area contributed by atoms with Crippen molar-refractivity contribution in [3.63, 3.8) is 0 Å². The number of rotatable bonds is 5. The zero-order valence-electron chi connectivity index (χ0n) is 12.4. The molecule has 2 atom stereocenters. The lowest BCUT2D eigenvalue weighted by Gasteiger charge is -2.21. The van der Waals surface area contributed by atoms with Crippen LogP contribution in [0.3, 0.4) is 0 Å². The number of carbonyl (C=O) groups excluding carboxylic acids is 1. The quantitative estimate of drug-likeness (QED) is 0.672. The van der Waals surface area contributed by atoms with E-state index in [0.717, 1.165) is 15.8 Å². The molecule has 2 unspecified atom stereocenters. The molecule has 5 nitrogen and oxygen atoms in total. The number of aliphatic carboxylic acids is 1. The first kappa shape index (κ1) is 15.3. The third kappa shape index (κ3) is 3.12. The Bertz CT molecular complexity index is 809. The number of amides is 1. The third-order valence-electron chi connectivity index (χ3n) is 3.87. The molecule has 2 aromatic heterocycles. The number of H-pyrrole nitrogens is 1. The number of thiophene rings is 1. The van der Waals surface area contributed by atoms with Gasteiger partial charge in [0.15, 0.2) is 0 Å². The fourth-order valence-electron chi connectivity index (χ4n) is 2.54. The highest BCUT2D eigenvalue weighted by molar-refractivity contribution is 7.16. The van der Waals surface area contributed by atoms with Crippen molar-refractivity contribution in [2.45, 2.75) is 18.9 Å². The van der Waals surface area contributed by atoms with Gasteiger partial charge in [-0.05, 0) is 23.1 Å². The highest BCUT2D eigenvalue weighted by atomic mass is 32.1. The minimum Gasteiger partial charge on any atom is -0.480 e. The van der Waals surface area contributed by atoms with Gasteiger partial charge in [-0.1, -0.05) is 37.3 Å². The van der Waals surface area contributed by atoms with Crippen LogP contribution in [0.2, 0.25) is 0 Å². The normalized spacial score (nSPS) is 13.6. The number of benzene rings is 1. The molecular formula is C17H16N2O3S. The van der Waals surface area contributed by atoms with Crippen LogP contribution in [0.1, 0.15) is 28.9 Å². The first-order valence-corrected chi connectivity index (χ1v) is 8.09. The van der Waals surface area contributed by atoms with Gasteiger partial charge in [-0.3, -0.25) is 4.79 Å². The summed E-state index contributed by atoms with van der Waals surface area (Å²) < 4.78 is 0. The monoisotopic (exact) mass is 328 g/mol. The minimum absolute atomic E-state index is 0.339. The van der Waals surface area contributed by atoms with Crippen molar-refractivity contribution in [3.05, 3.63) is 59.1 Å². The lowest BCUT2D eigenvalue weighted by molar-refractivity contribution is -0.139. The minimum atomic E-state index is -1.05. The molecule has 1 amide bonds. The third-order valence-corrected chi connectivity index (χ3v) is 4.71. The van der Waals surface area contributed by atoms with Gasteiger partial charge in [-0.25, -0.2) is 4.79 Å². The summed E-state index contributed by atoms with van der Waals surface area (Å²) in [5.74, 6) is -1.81. The Labute approximate surface area is 137 Å². The van der Waals surface area contributed by atoms with Gasteiger partial charge in [0, 0.05) is 11.3 Å². The van der Waals surface area contributed by atoms with Crippen LogP contribution in [-0.4, -0.2) is 28.0 Å². The Kier molecular flexibility index (Phi) is 4.16. The summed E-state index contributed by atoms with van der Waals surface area (Å²) in [6.07, 6.45) is 0. The van der Waals surface area contributed by atoms with E-state index in [1.165, 1.54) is 11.3 Å². The molecule has 6 heteroatoms. The fourth-order valence-corrected chi connectivity index (χ4v) is 3.32. The number of fused-ring (bicyclic) bond motifs is 1. The average Bonchev–Trinajstić information content (AvgIpc) is 3.14. The summed E-state index contributed by atoms with van der Waals surface area (Å²) in [6.45, 7) is 1.79. The van der Waals surface area contributed by atoms with Crippen molar-refractivity contribution in [2.75, 3.05) is 0 Å². The first-order chi connectivity index (χ1) is 11.1. The summed E-state index contributed by atoms with van der Waals surface area (Å²) >= 11 is 1.50. The van der Waals surface area contributed by atoms with Crippen molar-refractivity contribution in [1.29, 1.82) is 0 Å². The largest absolute Gasteiger partial charge is 0.480 e. The Morgan fingerprint density at radius 1 is 1.22 bits per heavy atom. The molecule has 3 rings (SSSR count). The van der Waals surface area contributed by atoms with Gasteiger partial charge in [-0.15, -0.1) is 11.3 Å². The van der Waals surface area contributed by atoms with Crippen molar-refractivity contribution < 1.29 is 14.7 Å². The first-order valence-electron chi connectivity index (χ1n) is 7.21. The van der Waals surface area contributed by atoms with Crippen LogP contribution in [-0.2, 0) is 4.79 Å². The molecule has 0 aliphatic carbocycles. The predicted molar refractivity (Wildman–Crippen MR) is 89.9 cm³/mol. The lowest BCUT2D eigenvalue weighted by Crippen LogP contribution is -2.44. The fraction of sp³-hybridized carbons (Fsp3) is 0.176. The molecule has 3 N–H and O–H groups in total. The topological polar surface area (TPSA) is 82.2 Å². The summed E-state index contributed by atoms with van der Waals surface area (Å²) in [5.41, 5.74) is 1.24. The zero-order valence-corrected chi connectivity index (χ0v) is 13.3. The van der Waals surface area contributed by atoms with Gasteiger partial charge in [0.2, 0.25) is 0 Å². The molecule has 0 radical (unpaired) electrons. The highest BCUT2D eigenvalue weighted by Crippen LogP contribution is 2.22. The van der Waals surface area contributed by atoms with Crippen LogP contribution in [0, 0.1) is 0 Å². The van der Waals surface area contributed by atoms with Crippen LogP contribution in [0.4, 0.5) is 0 Å².